The molecule has 0 aliphatic carbocycles. The number of nitrogens with zero attached hydrogens (tertiary/aromatic N) is 3. The van der Waals surface area contributed by atoms with Crippen LogP contribution in [0.1, 0.15) is 29.3 Å². The zero-order valence-electron chi connectivity index (χ0n) is 23.0. The van der Waals surface area contributed by atoms with E-state index in [2.05, 4.69) is 62.6 Å². The Morgan fingerprint density at radius 2 is 1.26 bits per heavy atom. The maximum Gasteiger partial charge on any atom is 1.00 e. The molecule has 3 nitrogen and oxygen atoms in total. The molecule has 31 heavy (non-hydrogen) atoms. The van der Waals surface area contributed by atoms with E-state index >= 15 is 0 Å². The monoisotopic (exact) mass is 671 g/mol. The molecule has 1 aromatic carbocycles. The molecule has 0 saturated carbocycles. The minimum atomic E-state index is 0. The van der Waals surface area contributed by atoms with Gasteiger partial charge in [-0.2, -0.15) is 0 Å². The zero-order chi connectivity index (χ0) is 20.9. The first-order chi connectivity index (χ1) is 12.5. The minimum Gasteiger partial charge on any atom is -1.00 e. The van der Waals surface area contributed by atoms with Crippen molar-refractivity contribution in [1.29, 1.82) is 0 Å². The molecule has 0 amide bonds. The molecule has 0 fully saturated rings. The van der Waals surface area contributed by atoms with Gasteiger partial charge in [0.1, 0.15) is 17.3 Å². The van der Waals surface area contributed by atoms with Crippen LogP contribution in [0.25, 0.3) is 0 Å². The van der Waals surface area contributed by atoms with E-state index in [0.717, 1.165) is 22.4 Å². The van der Waals surface area contributed by atoms with Crippen LogP contribution in [0, 0.1) is 13.8 Å². The first-order valence-corrected chi connectivity index (χ1v) is 11.2. The number of hydrogen-bond donors (Lipinski definition) is 4. The number of benzene rings is 1. The van der Waals surface area contributed by atoms with Crippen LogP contribution in [-0.4, -0.2) is 40.3 Å². The molecule has 0 bridgehead atoms. The van der Waals surface area contributed by atoms with Gasteiger partial charge in [-0.1, -0.05) is 66.6 Å². The van der Waals surface area contributed by atoms with Crippen molar-refractivity contribution in [3.05, 3.63) is 28.8 Å². The summed E-state index contributed by atoms with van der Waals surface area (Å²) < 4.78 is 1.61. The second kappa shape index (κ2) is 23.6. The van der Waals surface area contributed by atoms with Crippen molar-refractivity contribution in [2.45, 2.75) is 27.3 Å². The van der Waals surface area contributed by atoms with Gasteiger partial charge >= 0.3 is 206 Å². The molecule has 0 spiro atoms. The van der Waals surface area contributed by atoms with Crippen LogP contribution in [0.5, 0.6) is 0 Å². The molecule has 156 valence electrons. The number of hydrogen-bond acceptors (Lipinski definition) is 4. The van der Waals surface area contributed by atoms with Crippen molar-refractivity contribution in [2.24, 2.45) is 0 Å². The fraction of sp³-hybridized carbons (Fsp3) is 0.375. The van der Waals surface area contributed by atoms with Gasteiger partial charge in [0, 0.05) is 13.1 Å². The van der Waals surface area contributed by atoms with E-state index in [1.165, 1.54) is 0 Å². The molecule has 1 aromatic rings. The Morgan fingerprint density at radius 3 is 1.61 bits per heavy atom. The summed E-state index contributed by atoms with van der Waals surface area (Å²) in [6.07, 6.45) is 0. The molecule has 0 saturated heterocycles. The average molecular weight is 672 g/mol. The Labute approximate surface area is 406 Å². The quantitative estimate of drug-likeness (QED) is 0.103. The summed E-state index contributed by atoms with van der Waals surface area (Å²) in [5.74, 6) is 0. The van der Waals surface area contributed by atoms with Gasteiger partial charge < -0.3 is 15.5 Å². The average Bonchev–Trinajstić information content (AvgIpc) is 2.52. The van der Waals surface area contributed by atoms with Crippen LogP contribution >= 0.6 is 99.4 Å². The van der Waals surface area contributed by atoms with Gasteiger partial charge in [0.25, 0.3) is 0 Å². The molecular weight excluding hydrogens is 647 g/mol. The topological polar surface area (TPSA) is 9.72 Å². The predicted molar refractivity (Wildman–Crippen MR) is 152 cm³/mol. The normalized spacial score (nSPS) is 9.00. The Kier molecular flexibility index (Phi) is 34.2. The molecule has 0 heterocycles. The third-order valence-corrected chi connectivity index (χ3v) is 5.60. The van der Waals surface area contributed by atoms with Crippen LogP contribution < -0.4 is 210 Å². The Morgan fingerprint density at radius 1 is 0.806 bits per heavy atom. The van der Waals surface area contributed by atoms with E-state index in [4.69, 9.17) is 48.9 Å². The van der Waals surface area contributed by atoms with Gasteiger partial charge in [-0.3, -0.25) is 4.90 Å². The molecule has 1 rings (SSSR count). The summed E-state index contributed by atoms with van der Waals surface area (Å²) in [6, 6.07) is 4.14. The second-order valence-corrected chi connectivity index (χ2v) is 10.2. The van der Waals surface area contributed by atoms with E-state index < -0.39 is 0 Å². The van der Waals surface area contributed by atoms with Crippen molar-refractivity contribution in [2.75, 3.05) is 18.1 Å². The standard InChI is InChI=1S/C16H21N3S8.4K.4H/c1-4-17(13(20)21)8-18(14(22)23)7-11-6-9(2)5-10(3)12(11)19(15(24)25)16(26)27;;;;;;;;/h5-6H,4,7-8H2,1-3H3,(H,20,21)(H,22,23)(H,24,25)(H,26,27);;;;;;;;/q;4*+1;4*-1. The van der Waals surface area contributed by atoms with E-state index in [9.17, 15) is 0 Å². The first kappa shape index (κ1) is 44.9. The van der Waals surface area contributed by atoms with Crippen molar-refractivity contribution >= 4 is 122 Å². The van der Waals surface area contributed by atoms with E-state index in [0.29, 0.717) is 37.0 Å². The zero-order valence-corrected chi connectivity index (χ0v) is 38.4. The molecule has 0 aliphatic heterocycles. The number of thiocarbonyl (C=S) groups is 4. The van der Waals surface area contributed by atoms with Gasteiger partial charge in [0.05, 0.1) is 12.4 Å². The summed E-state index contributed by atoms with van der Waals surface area (Å²) in [5, 5.41) is 0. The van der Waals surface area contributed by atoms with Crippen LogP contribution in [-0.2, 0) is 6.54 Å². The van der Waals surface area contributed by atoms with Gasteiger partial charge in [0.2, 0.25) is 0 Å². The van der Waals surface area contributed by atoms with Gasteiger partial charge in [-0.05, 0) is 31.9 Å². The van der Waals surface area contributed by atoms with Crippen LogP contribution in [0.3, 0.4) is 0 Å². The van der Waals surface area contributed by atoms with Crippen molar-refractivity contribution < 1.29 is 211 Å². The van der Waals surface area contributed by atoms with Gasteiger partial charge in [0.15, 0.2) is 0 Å². The Bertz CT molecular complexity index is 785. The largest absolute Gasteiger partial charge is 1.00 e. The second-order valence-electron chi connectivity index (χ2n) is 5.75. The molecule has 15 heteroatoms. The van der Waals surface area contributed by atoms with Crippen molar-refractivity contribution in [3.63, 3.8) is 0 Å². The Hall–Kier alpha value is 6.93. The molecule has 0 unspecified atom stereocenters. The maximum absolute atomic E-state index is 5.35. The van der Waals surface area contributed by atoms with E-state index in [1.807, 2.05) is 30.6 Å². The fourth-order valence-corrected chi connectivity index (χ4v) is 4.33. The van der Waals surface area contributed by atoms with Crippen LogP contribution in [0.2, 0.25) is 0 Å². The molecule has 0 N–H and O–H groups in total. The molecule has 0 aromatic heterocycles. The third-order valence-electron chi connectivity index (χ3n) is 3.76. The number of anilines is 1. The maximum atomic E-state index is 5.35. The van der Waals surface area contributed by atoms with Crippen molar-refractivity contribution in [3.8, 4) is 0 Å². The smallest absolute Gasteiger partial charge is 1.00 e. The van der Waals surface area contributed by atoms with E-state index in [1.54, 1.807) is 4.90 Å². The first-order valence-electron chi connectivity index (χ1n) is 7.81. The number of aryl methyl sites for hydroxylation is 2. The summed E-state index contributed by atoms with van der Waals surface area (Å²) in [6.45, 7) is 7.72. The fourth-order valence-electron chi connectivity index (χ4n) is 2.65. The van der Waals surface area contributed by atoms with Crippen molar-refractivity contribution in [1.82, 2.24) is 9.80 Å². The summed E-state index contributed by atoms with van der Waals surface area (Å²) in [4.78, 5) is 5.53. The SMILES string of the molecule is CCN(CN(Cc1cc(C)cc(C)c1N(C(=S)S)C(=S)S)C(=S)S)C(=S)S.[H-].[H-].[H-].[H-].[K+].[K+].[K+].[K+]. The van der Waals surface area contributed by atoms with Crippen LogP contribution in [0.4, 0.5) is 5.69 Å². The number of rotatable bonds is 6. The summed E-state index contributed by atoms with van der Waals surface area (Å²) >= 11 is 38.4. The molecule has 0 atom stereocenters. The number of thiol groups is 4. The summed E-state index contributed by atoms with van der Waals surface area (Å²) in [5.41, 5.74) is 3.97. The predicted octanol–water partition coefficient (Wildman–Crippen LogP) is -6.48. The van der Waals surface area contributed by atoms with E-state index in [-0.39, 0.29) is 211 Å². The third kappa shape index (κ3) is 16.1. The van der Waals surface area contributed by atoms with Gasteiger partial charge in [-0.25, -0.2) is 0 Å². The molecular formula is C16H25K4N3S8. The van der Waals surface area contributed by atoms with Gasteiger partial charge in [-0.15, -0.1) is 50.5 Å². The van der Waals surface area contributed by atoms with Crippen LogP contribution in [0.15, 0.2) is 12.1 Å². The Balaban J connectivity index is -0.000000152. The summed E-state index contributed by atoms with van der Waals surface area (Å²) in [7, 11) is 0. The minimum absolute atomic E-state index is 0. The molecule has 0 aliphatic rings. The molecule has 0 radical (unpaired) electrons.